The van der Waals surface area contributed by atoms with Crippen molar-refractivity contribution in [1.29, 1.82) is 0 Å². The lowest BCUT2D eigenvalue weighted by Crippen LogP contribution is -2.20. The van der Waals surface area contributed by atoms with Crippen molar-refractivity contribution in [3.8, 4) is 5.75 Å². The largest absolute Gasteiger partial charge is 0.483 e. The van der Waals surface area contributed by atoms with Gasteiger partial charge in [-0.1, -0.05) is 18.2 Å². The molecule has 1 N–H and O–H groups in total. The first-order valence-electron chi connectivity index (χ1n) is 7.12. The Kier molecular flexibility index (Phi) is 4.95. The van der Waals surface area contributed by atoms with Crippen LogP contribution in [0.25, 0.3) is 0 Å². The van der Waals surface area contributed by atoms with Crippen molar-refractivity contribution in [2.24, 2.45) is 0 Å². The molecule has 0 bridgehead atoms. The molecule has 0 radical (unpaired) electrons. The second-order valence-electron chi connectivity index (χ2n) is 5.32. The Bertz CT molecular complexity index is 736. The van der Waals surface area contributed by atoms with Gasteiger partial charge in [0, 0.05) is 17.3 Å². The summed E-state index contributed by atoms with van der Waals surface area (Å²) in [6, 6.07) is 10.2. The molecule has 120 valence electrons. The number of nitrogens with one attached hydrogen (secondary N) is 1. The number of carbonyl (C=O) groups excluding carboxylic acids is 1. The molecule has 0 unspecified atom stereocenters. The van der Waals surface area contributed by atoms with Gasteiger partial charge in [0.15, 0.2) is 6.61 Å². The summed E-state index contributed by atoms with van der Waals surface area (Å²) in [4.78, 5) is 22.3. The maximum absolute atomic E-state index is 12.0. The molecule has 1 amide bonds. The van der Waals surface area contributed by atoms with Gasteiger partial charge < -0.3 is 10.1 Å². The summed E-state index contributed by atoms with van der Waals surface area (Å²) in [5.41, 5.74) is 2.94. The minimum Gasteiger partial charge on any atom is -0.483 e. The van der Waals surface area contributed by atoms with E-state index in [-0.39, 0.29) is 18.2 Å². The predicted octanol–water partition coefficient (Wildman–Crippen LogP) is 3.54. The van der Waals surface area contributed by atoms with Crippen LogP contribution in [0.5, 0.6) is 5.75 Å². The average molecular weight is 314 g/mol. The molecule has 2 rings (SSSR count). The number of nitro benzene ring substituents is 1. The summed E-state index contributed by atoms with van der Waals surface area (Å²) in [5, 5.41) is 13.4. The van der Waals surface area contributed by atoms with Gasteiger partial charge in [0.05, 0.1) is 4.92 Å². The van der Waals surface area contributed by atoms with Crippen LogP contribution in [-0.4, -0.2) is 17.4 Å². The smallest absolute Gasteiger partial charge is 0.272 e. The van der Waals surface area contributed by atoms with Crippen molar-refractivity contribution in [1.82, 2.24) is 0 Å². The van der Waals surface area contributed by atoms with Crippen LogP contribution in [0, 0.1) is 30.9 Å². The van der Waals surface area contributed by atoms with E-state index in [1.807, 2.05) is 32.0 Å². The Balaban J connectivity index is 2.00. The third-order valence-electron chi connectivity index (χ3n) is 3.43. The van der Waals surface area contributed by atoms with E-state index in [2.05, 4.69) is 5.32 Å². The fourth-order valence-electron chi connectivity index (χ4n) is 2.30. The number of anilines is 1. The highest BCUT2D eigenvalue weighted by Crippen LogP contribution is 2.23. The molecule has 0 aliphatic rings. The summed E-state index contributed by atoms with van der Waals surface area (Å²) in [7, 11) is 0. The zero-order chi connectivity index (χ0) is 17.0. The Hall–Kier alpha value is -2.89. The van der Waals surface area contributed by atoms with Crippen LogP contribution in [0.2, 0.25) is 0 Å². The zero-order valence-electron chi connectivity index (χ0n) is 13.3. The number of nitrogens with zero attached hydrogens (tertiary/aromatic N) is 1. The van der Waals surface area contributed by atoms with E-state index in [4.69, 9.17) is 4.74 Å². The fourth-order valence-corrected chi connectivity index (χ4v) is 2.30. The van der Waals surface area contributed by atoms with Crippen LogP contribution in [0.4, 0.5) is 11.4 Å². The number of rotatable bonds is 5. The van der Waals surface area contributed by atoms with Crippen molar-refractivity contribution in [2.75, 3.05) is 11.9 Å². The second kappa shape index (κ2) is 6.91. The number of carbonyl (C=O) groups is 1. The molecule has 0 aliphatic carbocycles. The van der Waals surface area contributed by atoms with Crippen LogP contribution in [-0.2, 0) is 4.79 Å². The molecule has 6 heteroatoms. The Labute approximate surface area is 134 Å². The molecule has 0 saturated carbocycles. The number of amides is 1. The molecule has 0 aromatic heterocycles. The van der Waals surface area contributed by atoms with Crippen LogP contribution in [0.15, 0.2) is 36.4 Å². The van der Waals surface area contributed by atoms with E-state index in [1.165, 1.54) is 12.1 Å². The van der Waals surface area contributed by atoms with Gasteiger partial charge in [0.25, 0.3) is 11.6 Å². The van der Waals surface area contributed by atoms with E-state index < -0.39 is 4.92 Å². The monoisotopic (exact) mass is 314 g/mol. The Morgan fingerprint density at radius 3 is 2.35 bits per heavy atom. The maximum atomic E-state index is 12.0. The molecule has 23 heavy (non-hydrogen) atoms. The predicted molar refractivity (Wildman–Crippen MR) is 87.9 cm³/mol. The van der Waals surface area contributed by atoms with Gasteiger partial charge in [-0.3, -0.25) is 14.9 Å². The number of para-hydroxylation sites is 1. The number of aryl methyl sites for hydroxylation is 3. The van der Waals surface area contributed by atoms with Gasteiger partial charge in [0.2, 0.25) is 0 Å². The molecule has 0 atom stereocenters. The van der Waals surface area contributed by atoms with E-state index in [9.17, 15) is 14.9 Å². The van der Waals surface area contributed by atoms with Gasteiger partial charge in [-0.15, -0.1) is 0 Å². The number of nitro groups is 1. The van der Waals surface area contributed by atoms with Gasteiger partial charge in [-0.25, -0.2) is 0 Å². The molecule has 0 spiro atoms. The van der Waals surface area contributed by atoms with Crippen molar-refractivity contribution in [3.63, 3.8) is 0 Å². The lowest BCUT2D eigenvalue weighted by atomic mass is 10.1. The fraction of sp³-hybridized carbons (Fsp3) is 0.235. The van der Waals surface area contributed by atoms with Crippen molar-refractivity contribution in [3.05, 3.63) is 63.2 Å². The molecule has 6 nitrogen and oxygen atoms in total. The molecular formula is C17H18N2O4. The van der Waals surface area contributed by atoms with E-state index in [0.29, 0.717) is 17.0 Å². The highest BCUT2D eigenvalue weighted by molar-refractivity contribution is 5.92. The lowest BCUT2D eigenvalue weighted by molar-refractivity contribution is -0.385. The minimum absolute atomic E-state index is 0.0229. The third-order valence-corrected chi connectivity index (χ3v) is 3.43. The molecular weight excluding hydrogens is 296 g/mol. The summed E-state index contributed by atoms with van der Waals surface area (Å²) < 4.78 is 5.57. The maximum Gasteiger partial charge on any atom is 0.272 e. The molecule has 2 aromatic carbocycles. The van der Waals surface area contributed by atoms with E-state index >= 15 is 0 Å². The number of hydrogen-bond donors (Lipinski definition) is 1. The second-order valence-corrected chi connectivity index (χ2v) is 5.32. The Morgan fingerprint density at radius 1 is 1.13 bits per heavy atom. The summed E-state index contributed by atoms with van der Waals surface area (Å²) in [6.45, 7) is 5.34. The van der Waals surface area contributed by atoms with Gasteiger partial charge in [-0.05, 0) is 44.0 Å². The third kappa shape index (κ3) is 4.06. The summed E-state index contributed by atoms with van der Waals surface area (Å²) >= 11 is 0. The normalized spacial score (nSPS) is 10.2. The highest BCUT2D eigenvalue weighted by Gasteiger charge is 2.12. The number of hydrogen-bond acceptors (Lipinski definition) is 4. The first kappa shape index (κ1) is 16.5. The number of benzene rings is 2. The highest BCUT2D eigenvalue weighted by atomic mass is 16.6. The van der Waals surface area contributed by atoms with Crippen molar-refractivity contribution < 1.29 is 14.5 Å². The molecule has 0 aliphatic heterocycles. The van der Waals surface area contributed by atoms with Crippen molar-refractivity contribution >= 4 is 17.3 Å². The number of ether oxygens (including phenoxy) is 1. The average Bonchev–Trinajstić information content (AvgIpc) is 2.46. The van der Waals surface area contributed by atoms with Gasteiger partial charge >= 0.3 is 0 Å². The first-order valence-corrected chi connectivity index (χ1v) is 7.12. The first-order chi connectivity index (χ1) is 10.9. The van der Waals surface area contributed by atoms with E-state index in [1.54, 1.807) is 13.0 Å². The van der Waals surface area contributed by atoms with Crippen LogP contribution in [0.3, 0.4) is 0 Å². The molecule has 0 saturated heterocycles. The lowest BCUT2D eigenvalue weighted by Gasteiger charge is -2.12. The topological polar surface area (TPSA) is 81.5 Å². The van der Waals surface area contributed by atoms with Gasteiger partial charge in [0.1, 0.15) is 5.75 Å². The van der Waals surface area contributed by atoms with Crippen LogP contribution in [0.1, 0.15) is 16.7 Å². The quantitative estimate of drug-likeness (QED) is 0.676. The molecule has 0 fully saturated rings. The van der Waals surface area contributed by atoms with E-state index in [0.717, 1.165) is 11.1 Å². The SMILES string of the molecule is Cc1cc(NC(=O)COc2c(C)cccc2C)ccc1[N+](=O)[O-]. The molecule has 0 heterocycles. The molecule has 2 aromatic rings. The van der Waals surface area contributed by atoms with Crippen LogP contribution < -0.4 is 10.1 Å². The van der Waals surface area contributed by atoms with Gasteiger partial charge in [-0.2, -0.15) is 0 Å². The minimum atomic E-state index is -0.453. The Morgan fingerprint density at radius 2 is 1.78 bits per heavy atom. The standard InChI is InChI=1S/C17H18N2O4/c1-11-5-4-6-12(2)17(11)23-10-16(20)18-14-7-8-15(19(21)22)13(3)9-14/h4-9H,10H2,1-3H3,(H,18,20). The summed E-state index contributed by atoms with van der Waals surface area (Å²) in [5.74, 6) is 0.378. The summed E-state index contributed by atoms with van der Waals surface area (Å²) in [6.07, 6.45) is 0. The zero-order valence-corrected chi connectivity index (χ0v) is 13.3. The van der Waals surface area contributed by atoms with Crippen molar-refractivity contribution in [2.45, 2.75) is 20.8 Å². The van der Waals surface area contributed by atoms with Crippen LogP contribution >= 0.6 is 0 Å².